The summed E-state index contributed by atoms with van der Waals surface area (Å²) in [6, 6.07) is 22.1. The number of Topliss-reactive ketones (excluding diaryl/α,β-unsaturated/α-hetero) is 3. The number of carbonyl (C=O) groups excluding carboxylic acids is 3. The van der Waals surface area contributed by atoms with Crippen LogP contribution in [-0.4, -0.2) is 133 Å². The highest BCUT2D eigenvalue weighted by molar-refractivity contribution is 7.91. The molecule has 6 aromatic rings. The van der Waals surface area contributed by atoms with Gasteiger partial charge in [-0.1, -0.05) is 18.2 Å². The molecule has 3 N–H and O–H groups in total. The number of sulfone groups is 3. The van der Waals surface area contributed by atoms with Crippen LogP contribution in [0.5, 0.6) is 0 Å². The van der Waals surface area contributed by atoms with E-state index < -0.39 is 29.5 Å². The lowest BCUT2D eigenvalue weighted by atomic mass is 9.98. The second kappa shape index (κ2) is 27.3. The number of ketones is 3. The van der Waals surface area contributed by atoms with E-state index in [9.17, 15) is 39.6 Å². The van der Waals surface area contributed by atoms with E-state index in [4.69, 9.17) is 14.2 Å². The fourth-order valence-electron chi connectivity index (χ4n) is 13.3. The number of ether oxygens (including phenoxy) is 3. The Morgan fingerprint density at radius 1 is 0.396 bits per heavy atom. The average Bonchev–Trinajstić information content (AvgIpc) is 1.65. The molecule has 3 aromatic carbocycles. The number of fused-ring (bicyclic) bond motifs is 3. The summed E-state index contributed by atoms with van der Waals surface area (Å²) < 4.78 is 92.2. The lowest BCUT2D eigenvalue weighted by molar-refractivity contribution is -0.120. The van der Waals surface area contributed by atoms with E-state index >= 15 is 0 Å². The minimum atomic E-state index is -3.47. The van der Waals surface area contributed by atoms with Gasteiger partial charge in [-0.3, -0.25) is 44.3 Å². The topological polar surface area (TPSA) is 293 Å². The molecule has 3 aromatic heterocycles. The minimum absolute atomic E-state index is 0.170. The van der Waals surface area contributed by atoms with E-state index in [1.165, 1.54) is 18.8 Å². The molecule has 15 rings (SSSR count). The smallest absolute Gasteiger partial charge is 0.177 e. The molecule has 3 saturated carbocycles. The van der Waals surface area contributed by atoms with Gasteiger partial charge in [0.25, 0.3) is 0 Å². The van der Waals surface area contributed by atoms with Crippen molar-refractivity contribution in [2.45, 2.75) is 150 Å². The molecule has 1 unspecified atom stereocenters. The second-order valence-corrected chi connectivity index (χ2v) is 33.3. The van der Waals surface area contributed by atoms with Crippen LogP contribution in [0.2, 0.25) is 0 Å². The van der Waals surface area contributed by atoms with Crippen molar-refractivity contribution in [3.63, 3.8) is 0 Å². The minimum Gasteiger partial charge on any atom is -0.381 e. The number of carbonyl (C=O) groups is 3. The normalized spacial score (nSPS) is 20.2. The number of aromatic nitrogens is 3. The van der Waals surface area contributed by atoms with E-state index in [0.29, 0.717) is 129 Å². The molecule has 6 fully saturated rings. The van der Waals surface area contributed by atoms with Gasteiger partial charge in [0.1, 0.15) is 34.4 Å². The first-order valence-electron chi connectivity index (χ1n) is 33.2. The molecule has 0 radical (unpaired) electrons. The van der Waals surface area contributed by atoms with Crippen molar-refractivity contribution in [1.29, 1.82) is 0 Å². The first-order chi connectivity index (χ1) is 45.8. The Kier molecular flexibility index (Phi) is 19.0. The van der Waals surface area contributed by atoms with Gasteiger partial charge in [0, 0.05) is 130 Å². The van der Waals surface area contributed by atoms with Crippen LogP contribution >= 0.6 is 0 Å². The zero-order valence-corrected chi connectivity index (χ0v) is 57.5. The standard InChI is InChI=1S/3C24H27N3O4S/c3*1-14-9-20-24(25-14)21(11-18(26-20)12-22(28)15-3-4-15)27-19-6-5-16(17-7-8-31-13-17)10-23(19)32(2,29)30/h3*5-6,10-11,15,17H,3-4,7-9,12-13H2,1-2H3,(H,26,27)/t2*17-;/m10./s1. The van der Waals surface area contributed by atoms with E-state index in [2.05, 4.69) is 45.9 Å². The molecule has 21 nitrogen and oxygen atoms in total. The molecule has 504 valence electrons. The van der Waals surface area contributed by atoms with Crippen molar-refractivity contribution < 1.29 is 53.8 Å². The van der Waals surface area contributed by atoms with E-state index in [-0.39, 0.29) is 67.5 Å². The van der Waals surface area contributed by atoms with Crippen LogP contribution < -0.4 is 16.0 Å². The third-order valence-electron chi connectivity index (χ3n) is 18.9. The third kappa shape index (κ3) is 15.8. The molecule has 0 spiro atoms. The number of pyridine rings is 3. The van der Waals surface area contributed by atoms with Crippen molar-refractivity contribution in [2.24, 2.45) is 32.7 Å². The van der Waals surface area contributed by atoms with Gasteiger partial charge in [-0.2, -0.15) is 0 Å². The Morgan fingerprint density at radius 3 is 0.896 bits per heavy atom. The Labute approximate surface area is 561 Å². The molecule has 9 aliphatic rings. The highest BCUT2D eigenvalue weighted by Crippen LogP contribution is 2.44. The lowest BCUT2D eigenvalue weighted by Crippen LogP contribution is -2.09. The zero-order chi connectivity index (χ0) is 67.4. The molecule has 96 heavy (non-hydrogen) atoms. The lowest BCUT2D eigenvalue weighted by Gasteiger charge is -2.17. The number of anilines is 6. The predicted molar refractivity (Wildman–Crippen MR) is 369 cm³/mol. The Bertz CT molecular complexity index is 4140. The second-order valence-electron chi connectivity index (χ2n) is 27.3. The first kappa shape index (κ1) is 66.9. The Balaban J connectivity index is 0.000000130. The molecule has 3 aliphatic carbocycles. The van der Waals surface area contributed by atoms with E-state index in [0.717, 1.165) is 126 Å². The highest BCUT2D eigenvalue weighted by Gasteiger charge is 2.34. The number of rotatable bonds is 21. The number of hydrogen-bond donors (Lipinski definition) is 3. The Hall–Kier alpha value is -7.74. The summed E-state index contributed by atoms with van der Waals surface area (Å²) in [6.07, 6.45) is 14.9. The maximum absolute atomic E-state index is 12.6. The van der Waals surface area contributed by atoms with Crippen LogP contribution in [0.1, 0.15) is 147 Å². The fraction of sp³-hybridized carbons (Fsp3) is 0.458. The van der Waals surface area contributed by atoms with Gasteiger partial charge in [0.15, 0.2) is 29.5 Å². The van der Waals surface area contributed by atoms with Crippen LogP contribution in [0.25, 0.3) is 0 Å². The number of aliphatic imine (C=N–C) groups is 3. The van der Waals surface area contributed by atoms with E-state index in [1.54, 1.807) is 18.2 Å². The summed E-state index contributed by atoms with van der Waals surface area (Å²) in [4.78, 5) is 65.8. The molecule has 3 saturated heterocycles. The largest absolute Gasteiger partial charge is 0.381 e. The number of hydrogen-bond acceptors (Lipinski definition) is 21. The van der Waals surface area contributed by atoms with Crippen molar-refractivity contribution in [2.75, 3.05) is 74.4 Å². The monoisotopic (exact) mass is 1360 g/mol. The van der Waals surface area contributed by atoms with Gasteiger partial charge in [-0.15, -0.1) is 0 Å². The van der Waals surface area contributed by atoms with Crippen molar-refractivity contribution >= 4 is 115 Å². The number of benzene rings is 3. The summed E-state index contributed by atoms with van der Waals surface area (Å²) in [5, 5.41) is 9.92. The van der Waals surface area contributed by atoms with Gasteiger partial charge in [0.05, 0.1) is 103 Å². The van der Waals surface area contributed by atoms with Crippen molar-refractivity contribution in [1.82, 2.24) is 15.0 Å². The summed E-state index contributed by atoms with van der Waals surface area (Å²) in [7, 11) is -10.4. The number of nitrogens with one attached hydrogen (secondary N) is 3. The van der Waals surface area contributed by atoms with Gasteiger partial charge in [-0.25, -0.2) is 25.3 Å². The molecule has 0 amide bonds. The predicted octanol–water partition coefficient (Wildman–Crippen LogP) is 11.7. The highest BCUT2D eigenvalue weighted by atomic mass is 32.2. The molecule has 6 aliphatic heterocycles. The molecular formula is C72H81N9O12S3. The number of nitrogens with zero attached hydrogens (tertiary/aromatic N) is 6. The average molecular weight is 1360 g/mol. The summed E-state index contributed by atoms with van der Waals surface area (Å²) in [6.45, 7) is 9.76. The molecule has 9 heterocycles. The van der Waals surface area contributed by atoms with Crippen LogP contribution in [0, 0.1) is 17.8 Å². The summed E-state index contributed by atoms with van der Waals surface area (Å²) >= 11 is 0. The van der Waals surface area contributed by atoms with Crippen LogP contribution in [0.4, 0.5) is 51.2 Å². The van der Waals surface area contributed by atoms with Gasteiger partial charge in [0.2, 0.25) is 0 Å². The van der Waals surface area contributed by atoms with E-state index in [1.807, 2.05) is 75.4 Å². The van der Waals surface area contributed by atoms with Crippen LogP contribution in [0.3, 0.4) is 0 Å². The van der Waals surface area contributed by atoms with Gasteiger partial charge < -0.3 is 30.2 Å². The summed E-state index contributed by atoms with van der Waals surface area (Å²) in [5.41, 5.74) is 16.1. The molecule has 3 atom stereocenters. The van der Waals surface area contributed by atoms with Gasteiger partial charge >= 0.3 is 0 Å². The van der Waals surface area contributed by atoms with Crippen molar-refractivity contribution in [3.8, 4) is 0 Å². The van der Waals surface area contributed by atoms with Crippen LogP contribution in [-0.2, 0) is 96.6 Å². The maximum Gasteiger partial charge on any atom is 0.177 e. The van der Waals surface area contributed by atoms with Crippen LogP contribution in [0.15, 0.2) is 102 Å². The summed E-state index contributed by atoms with van der Waals surface area (Å²) in [5.74, 6) is 1.80. The molecule has 24 heteroatoms. The quantitative estimate of drug-likeness (QED) is 0.0603. The molecule has 0 bridgehead atoms. The Morgan fingerprint density at radius 2 is 0.667 bits per heavy atom. The van der Waals surface area contributed by atoms with Crippen molar-refractivity contribution in [3.05, 3.63) is 124 Å². The molecular weight excluding hydrogens is 1280 g/mol. The SMILES string of the molecule is CC1=Nc2c(Nc3ccc(C4CCOC4)cc3S(C)(=O)=O)cc(CC(=O)C3CC3)nc2C1.CC1=Nc2c(Nc3ccc([C@@H]4CCOC4)cc3S(C)(=O)=O)cc(CC(=O)C3CC3)nc2C1.CC1=Nc2c(Nc3ccc([C@H]4CCOC4)cc3S(C)(=O)=O)cc(CC(=O)C3CC3)nc2C1. The third-order valence-corrected chi connectivity index (χ3v) is 22.3. The fourth-order valence-corrected chi connectivity index (χ4v) is 15.9. The zero-order valence-electron chi connectivity index (χ0n) is 55.0. The van der Waals surface area contributed by atoms with Gasteiger partial charge in [-0.05, 0) is 150 Å². The maximum atomic E-state index is 12.6. The first-order valence-corrected chi connectivity index (χ1v) is 38.9.